The molecule has 12 nitrogen and oxygen atoms in total. The van der Waals surface area contributed by atoms with Gasteiger partial charge in [-0.15, -0.1) is 0 Å². The van der Waals surface area contributed by atoms with Gasteiger partial charge in [-0.2, -0.15) is 0 Å². The Labute approximate surface area is 242 Å². The van der Waals surface area contributed by atoms with Crippen LogP contribution in [-0.4, -0.2) is 87.6 Å². The molecule has 5 rings (SSSR count). The molecule has 42 heavy (non-hydrogen) atoms. The molecule has 2 aromatic rings. The van der Waals surface area contributed by atoms with Crippen LogP contribution >= 0.6 is 0 Å². The zero-order chi connectivity index (χ0) is 30.7. The van der Waals surface area contributed by atoms with Crippen molar-refractivity contribution < 1.29 is 34.8 Å². The Kier molecular flexibility index (Phi) is 7.34. The zero-order valence-corrected chi connectivity index (χ0v) is 23.9. The molecule has 1 aromatic carbocycles. The van der Waals surface area contributed by atoms with Crippen LogP contribution < -0.4 is 16.0 Å². The number of phenolic OH excluding ortho intramolecular Hbond substituents is 1. The molecular formula is C30H35N5O7. The number of carbonyl (C=O) groups excluding carboxylic acids is 3. The van der Waals surface area contributed by atoms with Crippen molar-refractivity contribution in [2.75, 3.05) is 33.1 Å². The number of nitrogens with zero attached hydrogens (tertiary/aromatic N) is 3. The molecule has 1 amide bonds. The van der Waals surface area contributed by atoms with Crippen molar-refractivity contribution in [3.63, 3.8) is 0 Å². The number of aliphatic hydroxyl groups excluding tert-OH is 2. The highest BCUT2D eigenvalue weighted by molar-refractivity contribution is 6.24. The van der Waals surface area contributed by atoms with Crippen molar-refractivity contribution in [1.82, 2.24) is 15.2 Å². The van der Waals surface area contributed by atoms with Crippen LogP contribution in [0.2, 0.25) is 0 Å². The molecule has 1 aromatic heterocycles. The minimum atomic E-state index is -2.67. The minimum absolute atomic E-state index is 0.0363. The highest BCUT2D eigenvalue weighted by Gasteiger charge is 2.64. The normalized spacial score (nSPS) is 25.3. The van der Waals surface area contributed by atoms with Crippen LogP contribution in [0.15, 0.2) is 47.5 Å². The van der Waals surface area contributed by atoms with Crippen LogP contribution in [0.3, 0.4) is 0 Å². The van der Waals surface area contributed by atoms with Gasteiger partial charge >= 0.3 is 0 Å². The molecular weight excluding hydrogens is 542 g/mol. The quantitative estimate of drug-likeness (QED) is 0.254. The van der Waals surface area contributed by atoms with Gasteiger partial charge in [0.2, 0.25) is 5.78 Å². The van der Waals surface area contributed by atoms with Gasteiger partial charge in [-0.3, -0.25) is 24.3 Å². The third-order valence-corrected chi connectivity index (χ3v) is 8.65. The summed E-state index contributed by atoms with van der Waals surface area (Å²) in [7, 11) is 6.80. The molecule has 4 atom stereocenters. The Morgan fingerprint density at radius 2 is 1.79 bits per heavy atom. The van der Waals surface area contributed by atoms with Gasteiger partial charge < -0.3 is 36.4 Å². The number of aromatic hydroxyl groups is 1. The van der Waals surface area contributed by atoms with Gasteiger partial charge in [0.15, 0.2) is 11.4 Å². The lowest BCUT2D eigenvalue weighted by Gasteiger charge is -2.50. The standard InChI is InChI=1S/C30H35N5O7/c1-34(2)19-11-16(13-33-12-14-5-7-32-8-6-14)24(36)21-17(19)9-15-10-18-23(35(3)4)26(38)22(29(31)41)28(40)30(18,42)27(39)20(15)25(21)37/h5-8,11,15,18,23,33,36-37,40,42H,9-10,12-13H2,1-4H3,(H2,31,41)/t15-,18-,23-,30-/m0/s1. The van der Waals surface area contributed by atoms with Crippen molar-refractivity contribution in [2.45, 2.75) is 37.6 Å². The fraction of sp³-hybridized carbons (Fsp3) is 0.400. The Bertz CT molecular complexity index is 1550. The minimum Gasteiger partial charge on any atom is -0.508 e. The topological polar surface area (TPSA) is 190 Å². The molecule has 222 valence electrons. The number of rotatable bonds is 7. The van der Waals surface area contributed by atoms with Gasteiger partial charge in [-0.1, -0.05) is 0 Å². The number of aliphatic hydroxyl groups is 3. The van der Waals surface area contributed by atoms with E-state index >= 15 is 0 Å². The molecule has 0 aliphatic heterocycles. The zero-order valence-electron chi connectivity index (χ0n) is 23.9. The molecule has 1 heterocycles. The molecule has 0 unspecified atom stereocenters. The van der Waals surface area contributed by atoms with Crippen molar-refractivity contribution in [3.05, 3.63) is 69.8 Å². The molecule has 3 aliphatic rings. The molecule has 1 fully saturated rings. The molecule has 7 N–H and O–H groups in total. The first-order valence-electron chi connectivity index (χ1n) is 13.6. The van der Waals surface area contributed by atoms with E-state index in [9.17, 15) is 34.8 Å². The number of likely N-dealkylation sites (N-methyl/N-ethyl adjacent to an activating group) is 1. The average molecular weight is 578 g/mol. The number of nitrogens with one attached hydrogen (secondary N) is 1. The lowest BCUT2D eigenvalue weighted by atomic mass is 9.57. The molecule has 3 aliphatic carbocycles. The van der Waals surface area contributed by atoms with Gasteiger partial charge in [0.1, 0.15) is 22.8 Å². The number of ketones is 2. The van der Waals surface area contributed by atoms with Crippen LogP contribution in [0.25, 0.3) is 5.76 Å². The summed E-state index contributed by atoms with van der Waals surface area (Å²) in [5, 5.41) is 49.1. The number of primary amides is 1. The highest BCUT2D eigenvalue weighted by atomic mass is 16.3. The molecule has 1 saturated carbocycles. The lowest BCUT2D eigenvalue weighted by Crippen LogP contribution is -2.65. The lowest BCUT2D eigenvalue weighted by molar-refractivity contribution is -0.153. The van der Waals surface area contributed by atoms with Crippen molar-refractivity contribution in [1.29, 1.82) is 0 Å². The van der Waals surface area contributed by atoms with Crippen molar-refractivity contribution >= 4 is 28.9 Å². The van der Waals surface area contributed by atoms with Gasteiger partial charge in [-0.25, -0.2) is 0 Å². The van der Waals surface area contributed by atoms with Crippen LogP contribution in [-0.2, 0) is 33.9 Å². The molecule has 0 radical (unpaired) electrons. The summed E-state index contributed by atoms with van der Waals surface area (Å²) < 4.78 is 0. The number of hydrogen-bond acceptors (Lipinski definition) is 11. The number of anilines is 1. The number of aromatic nitrogens is 1. The van der Waals surface area contributed by atoms with Gasteiger partial charge in [0.25, 0.3) is 5.91 Å². The Morgan fingerprint density at radius 3 is 2.38 bits per heavy atom. The number of pyridine rings is 1. The maximum absolute atomic E-state index is 14.1. The Hall–Kier alpha value is -4.26. The van der Waals surface area contributed by atoms with E-state index in [0.717, 1.165) is 11.3 Å². The SMILES string of the molecule is CN(C)c1cc(CNCc2ccncc2)c(O)c2c1C[C@H]1C[C@H]3[C@H](N(C)C)C(=O)C(C(N)=O)=C(O)[C@@]3(O)C(=O)C1=C2O. The number of hydrogen-bond donors (Lipinski definition) is 6. The predicted molar refractivity (Wildman–Crippen MR) is 153 cm³/mol. The second kappa shape index (κ2) is 10.5. The van der Waals surface area contributed by atoms with E-state index < -0.39 is 58.0 Å². The summed E-state index contributed by atoms with van der Waals surface area (Å²) in [5.74, 6) is -6.67. The van der Waals surface area contributed by atoms with Crippen molar-refractivity contribution in [3.8, 4) is 5.75 Å². The maximum atomic E-state index is 14.1. The third-order valence-electron chi connectivity index (χ3n) is 8.65. The number of nitrogens with two attached hydrogens (primary N) is 1. The number of fused-ring (bicyclic) bond motifs is 3. The average Bonchev–Trinajstić information content (AvgIpc) is 2.92. The van der Waals surface area contributed by atoms with E-state index in [1.165, 1.54) is 4.90 Å². The van der Waals surface area contributed by atoms with Crippen LogP contribution in [0.4, 0.5) is 5.69 Å². The summed E-state index contributed by atoms with van der Waals surface area (Å²) in [6.45, 7) is 0.740. The monoisotopic (exact) mass is 577 g/mol. The number of amides is 1. The van der Waals surface area contributed by atoms with Crippen molar-refractivity contribution in [2.24, 2.45) is 17.6 Å². The number of phenols is 1. The van der Waals surface area contributed by atoms with E-state index in [4.69, 9.17) is 5.73 Å². The second-order valence-corrected chi connectivity index (χ2v) is 11.6. The van der Waals surface area contributed by atoms with Crippen LogP contribution in [0, 0.1) is 11.8 Å². The summed E-state index contributed by atoms with van der Waals surface area (Å²) in [6, 6.07) is 4.42. The molecule has 0 bridgehead atoms. The van der Waals surface area contributed by atoms with E-state index in [2.05, 4.69) is 10.3 Å². The van der Waals surface area contributed by atoms with Gasteiger partial charge in [-0.05, 0) is 62.2 Å². The molecule has 0 saturated heterocycles. The fourth-order valence-electron chi connectivity index (χ4n) is 6.72. The summed E-state index contributed by atoms with van der Waals surface area (Å²) in [6.07, 6.45) is 3.62. The summed E-state index contributed by atoms with van der Waals surface area (Å²) in [5.41, 5.74) is 4.58. The number of benzene rings is 1. The van der Waals surface area contributed by atoms with Crippen LogP contribution in [0.1, 0.15) is 28.7 Å². The first kappa shape index (κ1) is 29.2. The number of Topliss-reactive ketones (excluding diaryl/α,β-unsaturated/α-hetero) is 2. The molecule has 0 spiro atoms. The van der Waals surface area contributed by atoms with E-state index in [0.29, 0.717) is 17.7 Å². The first-order chi connectivity index (χ1) is 19.8. The third kappa shape index (κ3) is 4.34. The van der Waals surface area contributed by atoms with E-state index in [-0.39, 0.29) is 36.3 Å². The smallest absolute Gasteiger partial charge is 0.255 e. The second-order valence-electron chi connectivity index (χ2n) is 11.6. The van der Waals surface area contributed by atoms with E-state index in [1.807, 2.05) is 37.2 Å². The predicted octanol–water partition coefficient (Wildman–Crippen LogP) is 0.715. The number of carbonyl (C=O) groups is 3. The largest absolute Gasteiger partial charge is 0.508 e. The van der Waals surface area contributed by atoms with Gasteiger partial charge in [0, 0.05) is 62.3 Å². The summed E-state index contributed by atoms with van der Waals surface area (Å²) >= 11 is 0. The fourth-order valence-corrected chi connectivity index (χ4v) is 6.72. The van der Waals surface area contributed by atoms with E-state index in [1.54, 1.807) is 26.5 Å². The van der Waals surface area contributed by atoms with Crippen LogP contribution in [0.5, 0.6) is 5.75 Å². The first-order valence-corrected chi connectivity index (χ1v) is 13.6. The van der Waals surface area contributed by atoms with Gasteiger partial charge in [0.05, 0.1) is 11.6 Å². The summed E-state index contributed by atoms with van der Waals surface area (Å²) in [4.78, 5) is 46.8. The Morgan fingerprint density at radius 1 is 1.12 bits per heavy atom. The highest BCUT2D eigenvalue weighted by Crippen LogP contribution is 2.54. The Balaban J connectivity index is 1.63. The molecule has 12 heteroatoms. The maximum Gasteiger partial charge on any atom is 0.255 e.